The number of phosphoric acid groups is 6. The molecule has 77 heavy (non-hydrogen) atoms. The van der Waals surface area contributed by atoms with Crippen molar-refractivity contribution in [1.82, 2.24) is 14.9 Å². The van der Waals surface area contributed by atoms with Crippen LogP contribution in [0.4, 0.5) is 5.69 Å². The first kappa shape index (κ1) is 66.5. The van der Waals surface area contributed by atoms with Gasteiger partial charge in [-0.25, -0.2) is 37.0 Å². The fourth-order valence-electron chi connectivity index (χ4n) is 7.59. The summed E-state index contributed by atoms with van der Waals surface area (Å²) in [6.07, 6.45) is 1.34. The number of fused-ring (bicyclic) bond motifs is 1. The first-order valence-corrected chi connectivity index (χ1v) is 33.3. The van der Waals surface area contributed by atoms with Crippen molar-refractivity contribution in [3.63, 3.8) is 0 Å². The van der Waals surface area contributed by atoms with Crippen LogP contribution in [0.5, 0.6) is 0 Å². The molecule has 33 nitrogen and oxygen atoms in total. The number of nitrogens with zero attached hydrogens (tertiary/aromatic N) is 2. The van der Waals surface area contributed by atoms with E-state index in [9.17, 15) is 94.0 Å². The number of benzene rings is 1. The van der Waals surface area contributed by atoms with E-state index in [2.05, 4.69) is 35.9 Å². The van der Waals surface area contributed by atoms with E-state index in [1.807, 2.05) is 18.8 Å². The van der Waals surface area contributed by atoms with Gasteiger partial charge in [-0.1, -0.05) is 25.8 Å². The van der Waals surface area contributed by atoms with E-state index in [0.29, 0.717) is 36.2 Å². The van der Waals surface area contributed by atoms with E-state index in [4.69, 9.17) is 9.47 Å². The maximum Gasteiger partial charge on any atom is 0.490 e. The first-order chi connectivity index (χ1) is 35.3. The van der Waals surface area contributed by atoms with E-state index in [-0.39, 0.29) is 62.1 Å². The van der Waals surface area contributed by atoms with E-state index in [0.717, 1.165) is 10.8 Å². The molecule has 0 bridgehead atoms. The van der Waals surface area contributed by atoms with Crippen molar-refractivity contribution >= 4 is 80.3 Å². The number of H-pyrrole nitrogens is 1. The van der Waals surface area contributed by atoms with Crippen LogP contribution in [0, 0.1) is 6.92 Å². The van der Waals surface area contributed by atoms with Gasteiger partial charge in [0.1, 0.15) is 18.9 Å². The fourth-order valence-corrected chi connectivity index (χ4v) is 15.9. The SMILES string of the molecule is C/C=C/C1=[N+](CCCS(=O)(=O)O)c2cc(C(=O)NCCCCCCOP(=O)(O)OP(=O)(O)OP(=O)(O)OP(=O)(O)OP(=O)(O)OP(=O)(O)OCC3OC(n4cc(C)c(=O)[nH]c4=O)CC3O)cc(C(=O)OCCC)c2C1(C)C. The largest absolute Gasteiger partial charge is 0.490 e. The topological polar surface area (TPSA) is 486 Å². The molecule has 10 N–H and O–H groups in total. The van der Waals surface area contributed by atoms with Gasteiger partial charge in [-0.05, 0) is 53.0 Å². The summed E-state index contributed by atoms with van der Waals surface area (Å²) in [7, 11) is -41.6. The highest BCUT2D eigenvalue weighted by Gasteiger charge is 2.51. The average molecular weight is 1240 g/mol. The lowest BCUT2D eigenvalue weighted by molar-refractivity contribution is -0.437. The number of carbonyl (C=O) groups is 2. The number of ether oxygens (including phenoxy) is 2. The number of allylic oxidation sites excluding steroid dienone is 2. The second-order valence-corrected chi connectivity index (χ2v) is 28.3. The maximum atomic E-state index is 13.5. The molecular weight excluding hydrogens is 1180 g/mol. The number of nitrogens with one attached hydrogen (secondary N) is 2. The Morgan fingerprint density at radius 2 is 1.42 bits per heavy atom. The predicted octanol–water partition coefficient (Wildman–Crippen LogP) is 4.00. The second-order valence-electron chi connectivity index (χ2n) is 17.3. The monoisotopic (exact) mass is 1240 g/mol. The minimum Gasteiger partial charge on any atom is -0.462 e. The predicted molar refractivity (Wildman–Crippen MR) is 263 cm³/mol. The van der Waals surface area contributed by atoms with Gasteiger partial charge in [0.25, 0.3) is 21.6 Å². The smallest absolute Gasteiger partial charge is 0.462 e. The summed E-state index contributed by atoms with van der Waals surface area (Å²) in [6, 6.07) is 2.95. The molecule has 1 aromatic heterocycles. The lowest BCUT2D eigenvalue weighted by Gasteiger charge is -2.21. The van der Waals surface area contributed by atoms with Gasteiger partial charge in [-0.15, -0.1) is 0 Å². The van der Waals surface area contributed by atoms with Gasteiger partial charge in [0, 0.05) is 48.9 Å². The average Bonchev–Trinajstić information content (AvgIpc) is 3.73. The van der Waals surface area contributed by atoms with Crippen LogP contribution in [-0.2, 0) is 83.0 Å². The second kappa shape index (κ2) is 26.7. The number of esters is 1. The quantitative estimate of drug-likeness (QED) is 0.0168. The van der Waals surface area contributed by atoms with E-state index >= 15 is 0 Å². The van der Waals surface area contributed by atoms with E-state index in [1.54, 1.807) is 36.6 Å². The van der Waals surface area contributed by atoms with Crippen LogP contribution in [0.1, 0.15) is 111 Å². The number of rotatable bonds is 31. The number of hydrogen-bond acceptors (Lipinski definition) is 22. The number of hydrogen-bond donors (Lipinski definition) is 10. The maximum absolute atomic E-state index is 13.5. The molecule has 40 heteroatoms. The van der Waals surface area contributed by atoms with Crippen molar-refractivity contribution in [2.24, 2.45) is 0 Å². The van der Waals surface area contributed by atoms with Gasteiger partial charge in [0.15, 0.2) is 5.71 Å². The van der Waals surface area contributed by atoms with Crippen molar-refractivity contribution in [2.75, 3.05) is 38.7 Å². The fraction of sp³-hybridized carbons (Fsp3) is 0.595. The molecule has 0 spiro atoms. The van der Waals surface area contributed by atoms with Crippen molar-refractivity contribution in [3.8, 4) is 0 Å². The number of amides is 1. The number of aromatic nitrogens is 2. The Hall–Kier alpha value is -3.06. The highest BCUT2D eigenvalue weighted by Crippen LogP contribution is 2.75. The van der Waals surface area contributed by atoms with Gasteiger partial charge in [-0.3, -0.25) is 32.7 Å². The van der Waals surface area contributed by atoms with Gasteiger partial charge in [-0.2, -0.15) is 34.5 Å². The standard InChI is InChI=1S/C37H58N4O29P6S/c1-6-13-30-37(4,5)32-26(35(45)62-16-7-2)19-25(20-27(32)40(30)15-12-18-77(59,60)61)34(44)38-14-10-8-9-11-17-63-71(47,48)66-73(51,52)68-75(55,56)70-76(57,58)69-74(53,54)67-72(49,50)64-23-29-28(42)21-31(65-29)41-22-24(3)33(43)39-36(41)46/h6,13,19-20,22,28-29,31,42H,7-12,14-18,21,23H2,1-5H3,(H8-,38,39,43,44,46,47,48,49,50,51,52,53,54,55,56,57,58,59,60,61)/p+1/b13-6+. The molecule has 4 rings (SSSR count). The Bertz CT molecular complexity index is 3120. The minimum absolute atomic E-state index is 0.00504. The van der Waals surface area contributed by atoms with Gasteiger partial charge >= 0.3 is 58.6 Å². The third-order valence-corrected chi connectivity index (χ3v) is 20.7. The summed E-state index contributed by atoms with van der Waals surface area (Å²) in [6.45, 7) is 7.10. The van der Waals surface area contributed by atoms with Gasteiger partial charge in [0.2, 0.25) is 5.69 Å². The summed E-state index contributed by atoms with van der Waals surface area (Å²) in [5.41, 5.74) is -0.545. The molecule has 1 amide bonds. The first-order valence-electron chi connectivity index (χ1n) is 22.7. The van der Waals surface area contributed by atoms with Crippen LogP contribution in [0.25, 0.3) is 0 Å². The number of aromatic amines is 1. The normalized spacial score (nSPS) is 22.3. The van der Waals surface area contributed by atoms with Crippen molar-refractivity contribution in [2.45, 2.75) is 103 Å². The minimum atomic E-state index is -6.55. The number of unbranched alkanes of at least 4 members (excludes halogenated alkanes) is 3. The third kappa shape index (κ3) is 20.2. The summed E-state index contributed by atoms with van der Waals surface area (Å²) in [5, 5.41) is 13.0. The molecule has 1 saturated heterocycles. The van der Waals surface area contributed by atoms with Crippen molar-refractivity contribution in [3.05, 3.63) is 73.6 Å². The Kier molecular flexibility index (Phi) is 23.0. The molecule has 2 aromatic rings. The number of phosphoric ester groups is 2. The van der Waals surface area contributed by atoms with Crippen LogP contribution >= 0.6 is 46.9 Å². The highest BCUT2D eigenvalue weighted by molar-refractivity contribution is 7.85. The molecule has 9 atom stereocenters. The molecule has 3 heterocycles. The number of carbonyl (C=O) groups excluding carboxylic acids is 2. The molecule has 2 aliphatic heterocycles. The van der Waals surface area contributed by atoms with Crippen LogP contribution in [0.3, 0.4) is 0 Å². The van der Waals surface area contributed by atoms with E-state index in [1.165, 1.54) is 13.0 Å². The lowest BCUT2D eigenvalue weighted by atomic mass is 9.78. The zero-order valence-corrected chi connectivity index (χ0v) is 47.6. The molecule has 0 saturated carbocycles. The molecule has 1 fully saturated rings. The van der Waals surface area contributed by atoms with Gasteiger partial charge < -0.3 is 49.3 Å². The van der Waals surface area contributed by atoms with Crippen molar-refractivity contribution in [1.29, 1.82) is 0 Å². The molecule has 0 radical (unpaired) electrons. The molecule has 1 aromatic carbocycles. The Morgan fingerprint density at radius 3 is 1.97 bits per heavy atom. The Balaban J connectivity index is 1.24. The number of aliphatic hydroxyl groups excluding tert-OH is 1. The highest BCUT2D eigenvalue weighted by atomic mass is 32.2. The molecule has 9 unspecified atom stereocenters. The zero-order chi connectivity index (χ0) is 58.2. The summed E-state index contributed by atoms with van der Waals surface area (Å²) in [4.78, 5) is 112. The van der Waals surface area contributed by atoms with Crippen LogP contribution in [0.2, 0.25) is 0 Å². The summed E-state index contributed by atoms with van der Waals surface area (Å²) >= 11 is 0. The van der Waals surface area contributed by atoms with Gasteiger partial charge in [0.05, 0.1) is 48.2 Å². The van der Waals surface area contributed by atoms with Crippen LogP contribution in [-0.4, -0.2) is 130 Å². The number of aliphatic hydroxyl groups is 1. The molecular formula is C37H59N4O29P6S+. The third-order valence-electron chi connectivity index (χ3n) is 10.7. The van der Waals surface area contributed by atoms with Crippen molar-refractivity contribution < 1.29 is 129 Å². The Labute approximate surface area is 438 Å². The van der Waals surface area contributed by atoms with Crippen LogP contribution < -0.4 is 16.6 Å². The lowest BCUT2D eigenvalue weighted by Crippen LogP contribution is -2.33. The molecule has 436 valence electrons. The van der Waals surface area contributed by atoms with Crippen LogP contribution in [0.15, 0.2) is 40.1 Å². The zero-order valence-electron chi connectivity index (χ0n) is 41.4. The summed E-state index contributed by atoms with van der Waals surface area (Å²) < 4.78 is 147. The molecule has 2 aliphatic rings. The summed E-state index contributed by atoms with van der Waals surface area (Å²) in [5.74, 6) is -1.82. The molecule has 0 aliphatic carbocycles. The number of aryl methyl sites for hydroxylation is 1. The van der Waals surface area contributed by atoms with E-state index < -0.39 is 123 Å². The Morgan fingerprint density at radius 1 is 0.857 bits per heavy atom.